The average Bonchev–Trinajstić information content (AvgIpc) is 3.53. The molecule has 0 N–H and O–H groups in total. The summed E-state index contributed by atoms with van der Waals surface area (Å²) >= 11 is 0. The minimum atomic E-state index is -0.225. The SMILES string of the molecule is CCCCCCC(c1nc(Cc2ccccc2)c(N2CCOCC2)o1)N1CCC[C@H]1C(=O)OC. The highest BCUT2D eigenvalue weighted by Crippen LogP contribution is 2.37. The third-order valence-electron chi connectivity index (χ3n) is 6.99. The van der Waals surface area contributed by atoms with Gasteiger partial charge in [-0.3, -0.25) is 9.69 Å². The summed E-state index contributed by atoms with van der Waals surface area (Å²) in [6.45, 7) is 6.07. The van der Waals surface area contributed by atoms with E-state index in [4.69, 9.17) is 18.9 Å². The maximum absolute atomic E-state index is 12.6. The molecule has 0 bridgehead atoms. The molecule has 4 rings (SSSR count). The number of benzene rings is 1. The van der Waals surface area contributed by atoms with Gasteiger partial charge in [0.05, 0.1) is 26.4 Å². The second-order valence-electron chi connectivity index (χ2n) is 9.35. The van der Waals surface area contributed by atoms with Gasteiger partial charge in [0.2, 0.25) is 11.8 Å². The Balaban J connectivity index is 1.65. The van der Waals surface area contributed by atoms with E-state index in [0.29, 0.717) is 13.2 Å². The number of oxazole rings is 1. The van der Waals surface area contributed by atoms with Gasteiger partial charge in [-0.1, -0.05) is 62.9 Å². The molecular weight excluding hydrogens is 430 g/mol. The second kappa shape index (κ2) is 12.4. The molecule has 186 valence electrons. The molecule has 2 aliphatic heterocycles. The van der Waals surface area contributed by atoms with E-state index in [9.17, 15) is 4.79 Å². The second-order valence-corrected chi connectivity index (χ2v) is 9.35. The van der Waals surface area contributed by atoms with Crippen molar-refractivity contribution in [3.05, 3.63) is 47.5 Å². The molecule has 0 aliphatic carbocycles. The third-order valence-corrected chi connectivity index (χ3v) is 6.99. The number of unbranched alkanes of at least 4 members (excludes halogenated alkanes) is 3. The first-order chi connectivity index (χ1) is 16.7. The van der Waals surface area contributed by atoms with Crippen LogP contribution in [-0.4, -0.2) is 61.9 Å². The summed E-state index contributed by atoms with van der Waals surface area (Å²) in [5, 5.41) is 0. The fourth-order valence-electron chi connectivity index (χ4n) is 5.17. The number of methoxy groups -OCH3 is 1. The largest absolute Gasteiger partial charge is 0.468 e. The van der Waals surface area contributed by atoms with Crippen LogP contribution in [-0.2, 0) is 20.7 Å². The minimum Gasteiger partial charge on any atom is -0.468 e. The van der Waals surface area contributed by atoms with Crippen molar-refractivity contribution in [2.75, 3.05) is 44.9 Å². The summed E-state index contributed by atoms with van der Waals surface area (Å²) < 4.78 is 17.3. The molecule has 2 atom stereocenters. The summed E-state index contributed by atoms with van der Waals surface area (Å²) in [6, 6.07) is 10.2. The van der Waals surface area contributed by atoms with Crippen molar-refractivity contribution in [1.82, 2.24) is 9.88 Å². The van der Waals surface area contributed by atoms with Gasteiger partial charge in [0.25, 0.3) is 0 Å². The summed E-state index contributed by atoms with van der Waals surface area (Å²) in [5.74, 6) is 1.44. The maximum atomic E-state index is 12.6. The van der Waals surface area contributed by atoms with Gasteiger partial charge in [-0.25, -0.2) is 4.98 Å². The van der Waals surface area contributed by atoms with Crippen LogP contribution in [0, 0.1) is 0 Å². The van der Waals surface area contributed by atoms with E-state index in [1.54, 1.807) is 0 Å². The van der Waals surface area contributed by atoms with Crippen LogP contribution in [0.1, 0.15) is 75.1 Å². The number of morpholine rings is 1. The Bertz CT molecular complexity index is 895. The van der Waals surface area contributed by atoms with Crippen LogP contribution < -0.4 is 4.90 Å². The van der Waals surface area contributed by atoms with E-state index in [0.717, 1.165) is 69.2 Å². The van der Waals surface area contributed by atoms with Crippen molar-refractivity contribution in [1.29, 1.82) is 0 Å². The first-order valence-corrected chi connectivity index (χ1v) is 12.9. The fourth-order valence-corrected chi connectivity index (χ4v) is 5.17. The van der Waals surface area contributed by atoms with Gasteiger partial charge in [-0.2, -0.15) is 0 Å². The van der Waals surface area contributed by atoms with Crippen LogP contribution in [0.25, 0.3) is 0 Å². The van der Waals surface area contributed by atoms with Crippen molar-refractivity contribution >= 4 is 11.9 Å². The van der Waals surface area contributed by atoms with Crippen molar-refractivity contribution < 1.29 is 18.7 Å². The number of rotatable bonds is 11. The van der Waals surface area contributed by atoms with Gasteiger partial charge in [0, 0.05) is 19.5 Å². The molecule has 7 nitrogen and oxygen atoms in total. The number of carbonyl (C=O) groups excluding carboxylic acids is 1. The molecule has 1 aromatic carbocycles. The van der Waals surface area contributed by atoms with Gasteiger partial charge in [0.15, 0.2) is 0 Å². The van der Waals surface area contributed by atoms with E-state index in [2.05, 4.69) is 41.0 Å². The van der Waals surface area contributed by atoms with Crippen molar-refractivity contribution in [3.8, 4) is 0 Å². The van der Waals surface area contributed by atoms with E-state index in [-0.39, 0.29) is 18.1 Å². The predicted molar refractivity (Wildman–Crippen MR) is 132 cm³/mol. The zero-order valence-corrected chi connectivity index (χ0v) is 20.7. The monoisotopic (exact) mass is 469 g/mol. The summed E-state index contributed by atoms with van der Waals surface area (Å²) in [6.07, 6.45) is 8.15. The zero-order valence-electron chi connectivity index (χ0n) is 20.7. The van der Waals surface area contributed by atoms with Gasteiger partial charge < -0.3 is 18.8 Å². The number of hydrogen-bond donors (Lipinski definition) is 0. The van der Waals surface area contributed by atoms with E-state index < -0.39 is 0 Å². The number of ether oxygens (including phenoxy) is 2. The molecule has 3 heterocycles. The van der Waals surface area contributed by atoms with Gasteiger partial charge in [-0.15, -0.1) is 0 Å². The zero-order chi connectivity index (χ0) is 23.8. The van der Waals surface area contributed by atoms with Gasteiger partial charge in [-0.05, 0) is 31.4 Å². The van der Waals surface area contributed by atoms with E-state index >= 15 is 0 Å². The lowest BCUT2D eigenvalue weighted by atomic mass is 10.0. The van der Waals surface area contributed by atoms with Crippen molar-refractivity contribution in [2.24, 2.45) is 0 Å². The number of aromatic nitrogens is 1. The number of esters is 1. The van der Waals surface area contributed by atoms with Crippen molar-refractivity contribution in [2.45, 2.75) is 70.4 Å². The molecule has 1 unspecified atom stereocenters. The summed E-state index contributed by atoms with van der Waals surface area (Å²) in [4.78, 5) is 22.2. The highest BCUT2D eigenvalue weighted by atomic mass is 16.5. The Hall–Kier alpha value is -2.38. The van der Waals surface area contributed by atoms with Crippen LogP contribution in [0.4, 0.5) is 5.88 Å². The molecule has 34 heavy (non-hydrogen) atoms. The average molecular weight is 470 g/mol. The van der Waals surface area contributed by atoms with Crippen LogP contribution in [0.3, 0.4) is 0 Å². The number of likely N-dealkylation sites (tertiary alicyclic amines) is 1. The Morgan fingerprint density at radius 3 is 2.68 bits per heavy atom. The van der Waals surface area contributed by atoms with Crippen LogP contribution in [0.5, 0.6) is 0 Å². The molecular formula is C27H39N3O4. The van der Waals surface area contributed by atoms with Crippen molar-refractivity contribution in [3.63, 3.8) is 0 Å². The predicted octanol–water partition coefficient (Wildman–Crippen LogP) is 4.75. The quantitative estimate of drug-likeness (QED) is 0.347. The molecule has 2 fully saturated rings. The highest BCUT2D eigenvalue weighted by molar-refractivity contribution is 5.76. The number of carbonyl (C=O) groups is 1. The normalized spacial score (nSPS) is 19.9. The van der Waals surface area contributed by atoms with Gasteiger partial charge in [0.1, 0.15) is 11.7 Å². The molecule has 7 heteroatoms. The molecule has 0 amide bonds. The summed E-state index contributed by atoms with van der Waals surface area (Å²) in [7, 11) is 1.48. The lowest BCUT2D eigenvalue weighted by Crippen LogP contribution is -2.39. The lowest BCUT2D eigenvalue weighted by Gasteiger charge is -2.30. The topological polar surface area (TPSA) is 68.0 Å². The smallest absolute Gasteiger partial charge is 0.323 e. The first kappa shape index (κ1) is 24.7. The molecule has 0 spiro atoms. The van der Waals surface area contributed by atoms with E-state index in [1.807, 2.05) is 6.07 Å². The van der Waals surface area contributed by atoms with Gasteiger partial charge >= 0.3 is 5.97 Å². The molecule has 2 aromatic rings. The first-order valence-electron chi connectivity index (χ1n) is 12.9. The molecule has 2 saturated heterocycles. The Kier molecular flexibility index (Phi) is 8.99. The maximum Gasteiger partial charge on any atom is 0.323 e. The minimum absolute atomic E-state index is 0.0206. The number of hydrogen-bond acceptors (Lipinski definition) is 7. The highest BCUT2D eigenvalue weighted by Gasteiger charge is 2.39. The Morgan fingerprint density at radius 1 is 1.15 bits per heavy atom. The standard InChI is InChI=1S/C27H39N3O4/c1-3-4-5-9-13-23(30-15-10-14-24(30)27(31)32-2)25-28-22(20-21-11-7-6-8-12-21)26(34-25)29-16-18-33-19-17-29/h6-8,11-12,23-24H,3-5,9-10,13-20H2,1-2H3/t23?,24-/m0/s1. The molecule has 2 aliphatic rings. The molecule has 1 aromatic heterocycles. The van der Waals surface area contributed by atoms with Crippen LogP contribution in [0.2, 0.25) is 0 Å². The summed E-state index contributed by atoms with van der Waals surface area (Å²) in [5.41, 5.74) is 2.18. The third kappa shape index (κ3) is 5.99. The van der Waals surface area contributed by atoms with Crippen LogP contribution in [0.15, 0.2) is 34.7 Å². The number of anilines is 1. The number of nitrogens with zero attached hydrogens (tertiary/aromatic N) is 3. The Labute approximate surface area is 203 Å². The molecule has 0 radical (unpaired) electrons. The Morgan fingerprint density at radius 2 is 1.94 bits per heavy atom. The van der Waals surface area contributed by atoms with E-state index in [1.165, 1.54) is 31.9 Å². The lowest BCUT2D eigenvalue weighted by molar-refractivity contribution is -0.146. The van der Waals surface area contributed by atoms with Crippen LogP contribution >= 0.6 is 0 Å². The molecule has 0 saturated carbocycles. The fraction of sp³-hybridized carbons (Fsp3) is 0.630.